The molecule has 4 heteroatoms. The summed E-state index contributed by atoms with van der Waals surface area (Å²) < 4.78 is 24.9. The maximum absolute atomic E-state index is 13.5. The van der Waals surface area contributed by atoms with E-state index in [0.717, 1.165) is 15.8 Å². The van der Waals surface area contributed by atoms with Gasteiger partial charge >= 0.3 is 0 Å². The van der Waals surface area contributed by atoms with Crippen LogP contribution in [0.4, 0.5) is 4.39 Å². The molecular weight excluding hydrogens is 311 g/mol. The molecule has 0 saturated carbocycles. The number of hydrogen-bond acceptors (Lipinski definition) is 2. The Balaban J connectivity index is 1.88. The third-order valence-electron chi connectivity index (χ3n) is 2.70. The standard InChI is InChI=1S/C15H14BrFO2/c1-18-14-6-2-11(3-7-14)9-19-10-12-4-5-13(16)8-15(12)17/h2-8H,9-10H2,1H3. The highest BCUT2D eigenvalue weighted by atomic mass is 79.9. The van der Waals surface area contributed by atoms with Crippen molar-refractivity contribution in [1.82, 2.24) is 0 Å². The van der Waals surface area contributed by atoms with Gasteiger partial charge in [-0.2, -0.15) is 0 Å². The highest BCUT2D eigenvalue weighted by Gasteiger charge is 2.03. The first-order chi connectivity index (χ1) is 9.19. The number of ether oxygens (including phenoxy) is 2. The van der Waals surface area contributed by atoms with E-state index in [0.29, 0.717) is 12.2 Å². The second-order valence-electron chi connectivity index (χ2n) is 4.08. The Hall–Kier alpha value is -1.39. The van der Waals surface area contributed by atoms with E-state index < -0.39 is 0 Å². The Bertz CT molecular complexity index is 540. The zero-order chi connectivity index (χ0) is 13.7. The van der Waals surface area contributed by atoms with Crippen LogP contribution in [0.5, 0.6) is 5.75 Å². The van der Waals surface area contributed by atoms with Gasteiger partial charge in [0, 0.05) is 10.0 Å². The molecule has 0 N–H and O–H groups in total. The monoisotopic (exact) mass is 324 g/mol. The minimum absolute atomic E-state index is 0.255. The number of methoxy groups -OCH3 is 1. The molecule has 0 aromatic heterocycles. The van der Waals surface area contributed by atoms with E-state index in [4.69, 9.17) is 9.47 Å². The fourth-order valence-electron chi connectivity index (χ4n) is 1.64. The van der Waals surface area contributed by atoms with Gasteiger partial charge in [0.1, 0.15) is 11.6 Å². The lowest BCUT2D eigenvalue weighted by Crippen LogP contribution is -1.97. The molecule has 0 heterocycles. The molecule has 2 rings (SSSR count). The Kier molecular flexibility index (Phi) is 4.93. The smallest absolute Gasteiger partial charge is 0.129 e. The van der Waals surface area contributed by atoms with Gasteiger partial charge in [-0.15, -0.1) is 0 Å². The highest BCUT2D eigenvalue weighted by Crippen LogP contribution is 2.17. The number of rotatable bonds is 5. The normalized spacial score (nSPS) is 10.5. The van der Waals surface area contributed by atoms with Crippen LogP contribution in [0.15, 0.2) is 46.9 Å². The molecule has 0 amide bonds. The summed E-state index contributed by atoms with van der Waals surface area (Å²) in [6.45, 7) is 0.699. The summed E-state index contributed by atoms with van der Waals surface area (Å²) in [6, 6.07) is 12.6. The van der Waals surface area contributed by atoms with Gasteiger partial charge in [-0.25, -0.2) is 4.39 Å². The minimum atomic E-state index is -0.260. The van der Waals surface area contributed by atoms with Gasteiger partial charge in [0.2, 0.25) is 0 Å². The maximum Gasteiger partial charge on any atom is 0.129 e. The summed E-state index contributed by atoms with van der Waals surface area (Å²) >= 11 is 3.22. The van der Waals surface area contributed by atoms with Crippen molar-refractivity contribution in [3.05, 3.63) is 63.9 Å². The zero-order valence-electron chi connectivity index (χ0n) is 10.5. The summed E-state index contributed by atoms with van der Waals surface area (Å²) in [7, 11) is 1.63. The SMILES string of the molecule is COc1ccc(COCc2ccc(Br)cc2F)cc1. The molecule has 0 fully saturated rings. The van der Waals surface area contributed by atoms with Crippen LogP contribution in [0.2, 0.25) is 0 Å². The third-order valence-corrected chi connectivity index (χ3v) is 3.19. The summed E-state index contributed by atoms with van der Waals surface area (Å²) in [5.41, 5.74) is 1.58. The third kappa shape index (κ3) is 4.04. The topological polar surface area (TPSA) is 18.5 Å². The summed E-state index contributed by atoms with van der Waals surface area (Å²) in [4.78, 5) is 0. The van der Waals surface area contributed by atoms with E-state index >= 15 is 0 Å². The molecule has 0 atom stereocenters. The molecular formula is C15H14BrFO2. The number of benzene rings is 2. The predicted molar refractivity (Wildman–Crippen MR) is 75.6 cm³/mol. The van der Waals surface area contributed by atoms with Gasteiger partial charge in [-0.1, -0.05) is 34.1 Å². The Morgan fingerprint density at radius 2 is 1.79 bits per heavy atom. The molecule has 0 aliphatic rings. The second kappa shape index (κ2) is 6.68. The van der Waals surface area contributed by atoms with Crippen molar-refractivity contribution in [3.8, 4) is 5.75 Å². The lowest BCUT2D eigenvalue weighted by molar-refractivity contribution is 0.105. The summed E-state index contributed by atoms with van der Waals surface area (Å²) in [5, 5.41) is 0. The fraction of sp³-hybridized carbons (Fsp3) is 0.200. The van der Waals surface area contributed by atoms with E-state index in [1.807, 2.05) is 24.3 Å². The first-order valence-electron chi connectivity index (χ1n) is 5.83. The Morgan fingerprint density at radius 3 is 2.42 bits per heavy atom. The Labute approximate surface area is 120 Å². The molecule has 2 nitrogen and oxygen atoms in total. The van der Waals surface area contributed by atoms with Crippen LogP contribution in [0.3, 0.4) is 0 Å². The van der Waals surface area contributed by atoms with Gasteiger partial charge in [-0.05, 0) is 29.8 Å². The van der Waals surface area contributed by atoms with E-state index in [9.17, 15) is 4.39 Å². The average molecular weight is 325 g/mol. The van der Waals surface area contributed by atoms with Crippen molar-refractivity contribution < 1.29 is 13.9 Å². The molecule has 100 valence electrons. The van der Waals surface area contributed by atoms with Crippen LogP contribution in [0.25, 0.3) is 0 Å². The quantitative estimate of drug-likeness (QED) is 0.815. The van der Waals surface area contributed by atoms with Crippen molar-refractivity contribution in [3.63, 3.8) is 0 Å². The molecule has 2 aromatic rings. The molecule has 0 aliphatic heterocycles. The molecule has 2 aromatic carbocycles. The minimum Gasteiger partial charge on any atom is -0.497 e. The predicted octanol–water partition coefficient (Wildman–Crippen LogP) is 4.31. The van der Waals surface area contributed by atoms with Gasteiger partial charge in [0.05, 0.1) is 20.3 Å². The summed E-state index contributed by atoms with van der Waals surface area (Å²) in [5.74, 6) is 0.548. The lowest BCUT2D eigenvalue weighted by atomic mass is 10.2. The first kappa shape index (κ1) is 14.0. The van der Waals surface area contributed by atoms with Crippen molar-refractivity contribution in [1.29, 1.82) is 0 Å². The van der Waals surface area contributed by atoms with Gasteiger partial charge in [-0.3, -0.25) is 0 Å². The van der Waals surface area contributed by atoms with Gasteiger partial charge in [0.15, 0.2) is 0 Å². The van der Waals surface area contributed by atoms with Crippen LogP contribution >= 0.6 is 15.9 Å². The zero-order valence-corrected chi connectivity index (χ0v) is 12.1. The van der Waals surface area contributed by atoms with E-state index in [-0.39, 0.29) is 12.4 Å². The highest BCUT2D eigenvalue weighted by molar-refractivity contribution is 9.10. The molecule has 0 unspecified atom stereocenters. The lowest BCUT2D eigenvalue weighted by Gasteiger charge is -2.07. The first-order valence-corrected chi connectivity index (χ1v) is 6.63. The molecule has 0 aliphatic carbocycles. The molecule has 0 spiro atoms. The summed E-state index contributed by atoms with van der Waals surface area (Å²) in [6.07, 6.45) is 0. The van der Waals surface area contributed by atoms with Crippen molar-refractivity contribution >= 4 is 15.9 Å². The van der Waals surface area contributed by atoms with Gasteiger partial charge in [0.25, 0.3) is 0 Å². The van der Waals surface area contributed by atoms with Crippen LogP contribution in [-0.4, -0.2) is 7.11 Å². The van der Waals surface area contributed by atoms with Crippen LogP contribution in [-0.2, 0) is 18.0 Å². The van der Waals surface area contributed by atoms with Crippen molar-refractivity contribution in [2.24, 2.45) is 0 Å². The second-order valence-corrected chi connectivity index (χ2v) is 4.99. The van der Waals surface area contributed by atoms with Gasteiger partial charge < -0.3 is 9.47 Å². The Morgan fingerprint density at radius 1 is 1.05 bits per heavy atom. The van der Waals surface area contributed by atoms with E-state index in [2.05, 4.69) is 15.9 Å². The molecule has 19 heavy (non-hydrogen) atoms. The average Bonchev–Trinajstić information content (AvgIpc) is 2.42. The van der Waals surface area contributed by atoms with Crippen LogP contribution < -0.4 is 4.74 Å². The van der Waals surface area contributed by atoms with Crippen LogP contribution in [0.1, 0.15) is 11.1 Å². The fourth-order valence-corrected chi connectivity index (χ4v) is 1.97. The maximum atomic E-state index is 13.5. The van der Waals surface area contributed by atoms with E-state index in [1.165, 1.54) is 6.07 Å². The molecule has 0 saturated heterocycles. The molecule has 0 bridgehead atoms. The number of halogens is 2. The van der Waals surface area contributed by atoms with Crippen molar-refractivity contribution in [2.45, 2.75) is 13.2 Å². The van der Waals surface area contributed by atoms with Crippen LogP contribution in [0, 0.1) is 5.82 Å². The van der Waals surface area contributed by atoms with Crippen molar-refractivity contribution in [2.75, 3.05) is 7.11 Å². The van der Waals surface area contributed by atoms with E-state index in [1.54, 1.807) is 19.2 Å². The largest absolute Gasteiger partial charge is 0.497 e. The number of hydrogen-bond donors (Lipinski definition) is 0. The molecule has 0 radical (unpaired) electrons.